The highest BCUT2D eigenvalue weighted by molar-refractivity contribution is 6.03. The second kappa shape index (κ2) is 8.68. The number of para-hydroxylation sites is 1. The van der Waals surface area contributed by atoms with Crippen LogP contribution < -0.4 is 15.4 Å². The highest BCUT2D eigenvalue weighted by atomic mass is 16.5. The lowest BCUT2D eigenvalue weighted by Crippen LogP contribution is -2.22. The fourth-order valence-electron chi connectivity index (χ4n) is 3.62. The molecule has 5 nitrogen and oxygen atoms in total. The lowest BCUT2D eigenvalue weighted by atomic mass is 9.92. The van der Waals surface area contributed by atoms with Crippen LogP contribution in [0.1, 0.15) is 57.1 Å². The smallest absolute Gasteiger partial charge is 0.228 e. The van der Waals surface area contributed by atoms with Crippen LogP contribution in [-0.4, -0.2) is 18.9 Å². The lowest BCUT2D eigenvalue weighted by Gasteiger charge is -2.20. The highest BCUT2D eigenvalue weighted by Gasteiger charge is 2.48. The molecule has 2 N–H and O–H groups in total. The van der Waals surface area contributed by atoms with E-state index in [0.717, 1.165) is 16.8 Å². The topological polar surface area (TPSA) is 67.4 Å². The Bertz CT molecular complexity index is 878. The first-order valence-corrected chi connectivity index (χ1v) is 10.2. The molecule has 2 aromatic rings. The summed E-state index contributed by atoms with van der Waals surface area (Å²) in [7, 11) is 1.59. The third-order valence-corrected chi connectivity index (χ3v) is 5.42. The van der Waals surface area contributed by atoms with E-state index in [1.165, 1.54) is 0 Å². The predicted octanol–water partition coefficient (Wildman–Crippen LogP) is 5.16. The number of hydrogen-bond donors (Lipinski definition) is 2. The van der Waals surface area contributed by atoms with Gasteiger partial charge in [-0.1, -0.05) is 52.0 Å². The first-order chi connectivity index (χ1) is 13.8. The van der Waals surface area contributed by atoms with Gasteiger partial charge in [0.25, 0.3) is 0 Å². The van der Waals surface area contributed by atoms with Gasteiger partial charge >= 0.3 is 0 Å². The zero-order valence-corrected chi connectivity index (χ0v) is 17.8. The van der Waals surface area contributed by atoms with Crippen molar-refractivity contribution in [1.82, 2.24) is 0 Å². The molecule has 0 spiro atoms. The summed E-state index contributed by atoms with van der Waals surface area (Å²) in [6, 6.07) is 13.4. The molecule has 5 heteroatoms. The molecule has 2 amide bonds. The van der Waals surface area contributed by atoms with Gasteiger partial charge in [0, 0.05) is 17.4 Å². The van der Waals surface area contributed by atoms with E-state index in [-0.39, 0.29) is 23.7 Å². The lowest BCUT2D eigenvalue weighted by molar-refractivity contribution is -0.122. The average molecular weight is 395 g/mol. The van der Waals surface area contributed by atoms with Crippen molar-refractivity contribution in [3.8, 4) is 5.75 Å². The summed E-state index contributed by atoms with van der Waals surface area (Å²) >= 11 is 0. The number of anilines is 2. The van der Waals surface area contributed by atoms with E-state index in [1.54, 1.807) is 13.2 Å². The SMILES string of the molecule is COc1cccc(NC(=O)C2CC2C(=O)Nc2c(C(C)C)cccc2C(C)C)c1. The Morgan fingerprint density at radius 2 is 1.45 bits per heavy atom. The van der Waals surface area contributed by atoms with Gasteiger partial charge in [0.2, 0.25) is 11.8 Å². The molecule has 0 bridgehead atoms. The molecular formula is C24H30N2O3. The molecule has 2 aromatic carbocycles. The monoisotopic (exact) mass is 394 g/mol. The molecule has 0 aliphatic heterocycles. The van der Waals surface area contributed by atoms with Crippen LogP contribution in [0.3, 0.4) is 0 Å². The maximum absolute atomic E-state index is 12.9. The third kappa shape index (κ3) is 4.78. The van der Waals surface area contributed by atoms with Gasteiger partial charge < -0.3 is 15.4 Å². The molecule has 0 radical (unpaired) electrons. The van der Waals surface area contributed by atoms with Crippen molar-refractivity contribution in [2.45, 2.75) is 46.0 Å². The molecule has 1 aliphatic rings. The molecule has 0 aromatic heterocycles. The Balaban J connectivity index is 1.68. The minimum Gasteiger partial charge on any atom is -0.497 e. The van der Waals surface area contributed by atoms with E-state index < -0.39 is 0 Å². The number of methoxy groups -OCH3 is 1. The molecule has 2 atom stereocenters. The fraction of sp³-hybridized carbons (Fsp3) is 0.417. The van der Waals surface area contributed by atoms with Gasteiger partial charge in [0.05, 0.1) is 18.9 Å². The minimum absolute atomic E-state index is 0.0780. The fourth-order valence-corrected chi connectivity index (χ4v) is 3.62. The maximum atomic E-state index is 12.9. The quantitative estimate of drug-likeness (QED) is 0.682. The molecule has 0 saturated heterocycles. The summed E-state index contributed by atoms with van der Waals surface area (Å²) in [5, 5.41) is 6.02. The minimum atomic E-state index is -0.296. The zero-order chi connectivity index (χ0) is 21.1. The van der Waals surface area contributed by atoms with E-state index in [1.807, 2.05) is 24.3 Å². The number of benzene rings is 2. The van der Waals surface area contributed by atoms with Crippen LogP contribution in [0.15, 0.2) is 42.5 Å². The number of carbonyl (C=O) groups is 2. The standard InChI is InChI=1S/C24H30N2O3/c1-14(2)18-10-7-11-19(15(3)4)22(18)26-24(28)21-13-20(21)23(27)25-16-8-6-9-17(12-16)29-5/h6-12,14-15,20-21H,13H2,1-5H3,(H,25,27)(H,26,28). The maximum Gasteiger partial charge on any atom is 0.228 e. The van der Waals surface area contributed by atoms with E-state index in [9.17, 15) is 9.59 Å². The van der Waals surface area contributed by atoms with Gasteiger partial charge in [0.1, 0.15) is 5.75 Å². The number of amides is 2. The molecular weight excluding hydrogens is 364 g/mol. The normalized spacial score (nSPS) is 17.9. The van der Waals surface area contributed by atoms with Crippen LogP contribution in [0.25, 0.3) is 0 Å². The number of ether oxygens (including phenoxy) is 1. The Hall–Kier alpha value is -2.82. The van der Waals surface area contributed by atoms with Gasteiger partial charge in [-0.25, -0.2) is 0 Å². The second-order valence-electron chi connectivity index (χ2n) is 8.28. The number of carbonyl (C=O) groups excluding carboxylic acids is 2. The van der Waals surface area contributed by atoms with E-state index in [0.29, 0.717) is 29.7 Å². The van der Waals surface area contributed by atoms with Gasteiger partial charge in [-0.05, 0) is 41.5 Å². The Morgan fingerprint density at radius 3 is 2.00 bits per heavy atom. The van der Waals surface area contributed by atoms with Gasteiger partial charge in [-0.2, -0.15) is 0 Å². The van der Waals surface area contributed by atoms with Gasteiger partial charge in [-0.3, -0.25) is 9.59 Å². The van der Waals surface area contributed by atoms with Crippen LogP contribution in [0.5, 0.6) is 5.75 Å². The van der Waals surface area contributed by atoms with E-state index in [4.69, 9.17) is 4.74 Å². The molecule has 154 valence electrons. The van der Waals surface area contributed by atoms with Crippen LogP contribution in [-0.2, 0) is 9.59 Å². The molecule has 1 fully saturated rings. The summed E-state index contributed by atoms with van der Waals surface area (Å²) in [6.45, 7) is 8.49. The van der Waals surface area contributed by atoms with Crippen molar-refractivity contribution >= 4 is 23.2 Å². The van der Waals surface area contributed by atoms with Crippen LogP contribution >= 0.6 is 0 Å². The van der Waals surface area contributed by atoms with Crippen LogP contribution in [0.2, 0.25) is 0 Å². The number of hydrogen-bond acceptors (Lipinski definition) is 3. The molecule has 0 heterocycles. The molecule has 1 aliphatic carbocycles. The number of rotatable bonds is 7. The summed E-state index contributed by atoms with van der Waals surface area (Å²) in [5.41, 5.74) is 3.83. The van der Waals surface area contributed by atoms with Crippen molar-refractivity contribution in [2.75, 3.05) is 17.7 Å². The second-order valence-corrected chi connectivity index (χ2v) is 8.28. The van der Waals surface area contributed by atoms with Crippen molar-refractivity contribution in [3.05, 3.63) is 53.6 Å². The highest BCUT2D eigenvalue weighted by Crippen LogP contribution is 2.41. The first-order valence-electron chi connectivity index (χ1n) is 10.2. The van der Waals surface area contributed by atoms with Crippen molar-refractivity contribution in [1.29, 1.82) is 0 Å². The van der Waals surface area contributed by atoms with Crippen molar-refractivity contribution in [2.24, 2.45) is 11.8 Å². The average Bonchev–Trinajstić information content (AvgIpc) is 3.49. The van der Waals surface area contributed by atoms with Gasteiger partial charge in [0.15, 0.2) is 0 Å². The first kappa shape index (κ1) is 20.9. The third-order valence-electron chi connectivity index (χ3n) is 5.42. The summed E-state index contributed by atoms with van der Waals surface area (Å²) < 4.78 is 5.18. The predicted molar refractivity (Wildman–Crippen MR) is 116 cm³/mol. The van der Waals surface area contributed by atoms with Crippen LogP contribution in [0, 0.1) is 11.8 Å². The Morgan fingerprint density at radius 1 is 0.897 bits per heavy atom. The molecule has 29 heavy (non-hydrogen) atoms. The van der Waals surface area contributed by atoms with Gasteiger partial charge in [-0.15, -0.1) is 0 Å². The zero-order valence-electron chi connectivity index (χ0n) is 17.8. The Labute approximate surface area is 172 Å². The summed E-state index contributed by atoms with van der Waals surface area (Å²) in [5.74, 6) is 0.492. The molecule has 2 unspecified atom stereocenters. The van der Waals surface area contributed by atoms with Crippen molar-refractivity contribution < 1.29 is 14.3 Å². The van der Waals surface area contributed by atoms with Crippen molar-refractivity contribution in [3.63, 3.8) is 0 Å². The largest absolute Gasteiger partial charge is 0.497 e. The Kier molecular flexibility index (Phi) is 6.26. The summed E-state index contributed by atoms with van der Waals surface area (Å²) in [4.78, 5) is 25.4. The van der Waals surface area contributed by atoms with E-state index >= 15 is 0 Å². The number of nitrogens with one attached hydrogen (secondary N) is 2. The van der Waals surface area contributed by atoms with Crippen LogP contribution in [0.4, 0.5) is 11.4 Å². The van der Waals surface area contributed by atoms with E-state index in [2.05, 4.69) is 50.5 Å². The molecule has 3 rings (SSSR count). The molecule has 1 saturated carbocycles. The summed E-state index contributed by atoms with van der Waals surface area (Å²) in [6.07, 6.45) is 0.572.